The summed E-state index contributed by atoms with van der Waals surface area (Å²) in [4.78, 5) is 0. The second kappa shape index (κ2) is 4.90. The van der Waals surface area contributed by atoms with Crippen LogP contribution >= 0.6 is 15.9 Å². The monoisotopic (exact) mass is 332 g/mol. The molecule has 2 aromatic rings. The lowest BCUT2D eigenvalue weighted by molar-refractivity contribution is 0.138. The van der Waals surface area contributed by atoms with E-state index in [4.69, 9.17) is 4.74 Å². The van der Waals surface area contributed by atoms with Gasteiger partial charge in [-0.2, -0.15) is 0 Å². The third-order valence-corrected chi connectivity index (χ3v) is 4.06. The molecule has 3 heteroatoms. The number of hydrogen-bond donors (Lipinski definition) is 1. The summed E-state index contributed by atoms with van der Waals surface area (Å²) in [5.74, 6) is 0.931. The lowest BCUT2D eigenvalue weighted by atomic mass is 9.96. The molecule has 0 radical (unpaired) electrons. The largest absolute Gasteiger partial charge is 0.487 e. The summed E-state index contributed by atoms with van der Waals surface area (Å²) >= 11 is 3.44. The first-order valence-corrected chi connectivity index (χ1v) is 7.49. The van der Waals surface area contributed by atoms with Gasteiger partial charge in [-0.3, -0.25) is 0 Å². The van der Waals surface area contributed by atoms with Crippen molar-refractivity contribution >= 4 is 15.9 Å². The molecule has 1 aliphatic rings. The van der Waals surface area contributed by atoms with E-state index in [1.165, 1.54) is 5.56 Å². The maximum atomic E-state index is 10.5. The van der Waals surface area contributed by atoms with E-state index in [1.54, 1.807) is 0 Å². The summed E-state index contributed by atoms with van der Waals surface area (Å²) in [7, 11) is 0. The topological polar surface area (TPSA) is 29.5 Å². The molecule has 0 spiro atoms. The number of ether oxygens (including phenoxy) is 1. The van der Waals surface area contributed by atoms with E-state index in [2.05, 4.69) is 35.8 Å². The highest BCUT2D eigenvalue weighted by Gasteiger charge is 2.30. The molecule has 1 heterocycles. The minimum absolute atomic E-state index is 0.151. The summed E-state index contributed by atoms with van der Waals surface area (Å²) < 4.78 is 6.84. The van der Waals surface area contributed by atoms with E-state index in [9.17, 15) is 5.11 Å². The van der Waals surface area contributed by atoms with Crippen LogP contribution < -0.4 is 4.74 Å². The molecule has 20 heavy (non-hydrogen) atoms. The molecule has 2 aromatic carbocycles. The first kappa shape index (κ1) is 13.7. The fraction of sp³-hybridized carbons (Fsp3) is 0.294. The van der Waals surface area contributed by atoms with Crippen molar-refractivity contribution in [1.29, 1.82) is 0 Å². The Balaban J connectivity index is 1.93. The molecule has 0 aliphatic carbocycles. The molecule has 0 fully saturated rings. The van der Waals surface area contributed by atoms with Gasteiger partial charge in [0, 0.05) is 10.9 Å². The Labute approximate surface area is 127 Å². The van der Waals surface area contributed by atoms with Crippen molar-refractivity contribution in [2.45, 2.75) is 32.0 Å². The van der Waals surface area contributed by atoms with Crippen LogP contribution in [0.1, 0.15) is 36.6 Å². The van der Waals surface area contributed by atoms with E-state index in [0.29, 0.717) is 0 Å². The van der Waals surface area contributed by atoms with E-state index >= 15 is 0 Å². The Hall–Kier alpha value is -1.32. The molecule has 0 amide bonds. The third-order valence-electron chi connectivity index (χ3n) is 3.57. The van der Waals surface area contributed by atoms with Crippen molar-refractivity contribution in [2.24, 2.45) is 0 Å². The van der Waals surface area contributed by atoms with Crippen LogP contribution in [-0.4, -0.2) is 10.7 Å². The highest BCUT2D eigenvalue weighted by atomic mass is 79.9. The molecular formula is C17H17BrO2. The minimum Gasteiger partial charge on any atom is -0.487 e. The number of benzene rings is 2. The quantitative estimate of drug-likeness (QED) is 0.891. The molecule has 104 valence electrons. The number of fused-ring (bicyclic) bond motifs is 1. The number of aliphatic hydroxyl groups excluding tert-OH is 1. The van der Waals surface area contributed by atoms with Crippen molar-refractivity contribution in [1.82, 2.24) is 0 Å². The predicted octanol–water partition coefficient (Wildman–Crippen LogP) is 4.24. The van der Waals surface area contributed by atoms with Gasteiger partial charge in [0.2, 0.25) is 0 Å². The van der Waals surface area contributed by atoms with E-state index < -0.39 is 6.10 Å². The van der Waals surface area contributed by atoms with Gasteiger partial charge in [0.05, 0.1) is 0 Å². The summed E-state index contributed by atoms with van der Waals surface area (Å²) in [5.41, 5.74) is 2.81. The standard InChI is InChI=1S/C17H17BrO2/c1-17(2)10-13-8-12(6-7-15(13)20-17)16(19)11-4-3-5-14(18)9-11/h3-9,16,19H,10H2,1-2H3. The predicted molar refractivity (Wildman–Crippen MR) is 83.1 cm³/mol. The second-order valence-corrected chi connectivity index (χ2v) is 6.78. The van der Waals surface area contributed by atoms with Crippen molar-refractivity contribution in [3.05, 3.63) is 63.6 Å². The second-order valence-electron chi connectivity index (χ2n) is 5.86. The molecule has 0 saturated carbocycles. The Morgan fingerprint density at radius 3 is 2.65 bits per heavy atom. The molecule has 0 saturated heterocycles. The van der Waals surface area contributed by atoms with Gasteiger partial charge in [0.25, 0.3) is 0 Å². The minimum atomic E-state index is -0.610. The Morgan fingerprint density at radius 2 is 1.90 bits per heavy atom. The van der Waals surface area contributed by atoms with Crippen molar-refractivity contribution in [3.63, 3.8) is 0 Å². The summed E-state index contributed by atoms with van der Waals surface area (Å²) in [6.07, 6.45) is 0.267. The number of hydrogen-bond acceptors (Lipinski definition) is 2. The average molecular weight is 333 g/mol. The van der Waals surface area contributed by atoms with E-state index in [-0.39, 0.29) is 5.60 Å². The molecular weight excluding hydrogens is 316 g/mol. The van der Waals surface area contributed by atoms with Crippen LogP contribution in [0.3, 0.4) is 0 Å². The van der Waals surface area contributed by atoms with Gasteiger partial charge in [0.15, 0.2) is 0 Å². The first-order valence-electron chi connectivity index (χ1n) is 6.70. The smallest absolute Gasteiger partial charge is 0.123 e. The normalized spacial score (nSPS) is 17.4. The van der Waals surface area contributed by atoms with Crippen LogP contribution in [0.5, 0.6) is 5.75 Å². The van der Waals surface area contributed by atoms with Crippen LogP contribution in [0.2, 0.25) is 0 Å². The zero-order chi connectivity index (χ0) is 14.3. The lowest BCUT2D eigenvalue weighted by Gasteiger charge is -2.16. The molecule has 0 aromatic heterocycles. The van der Waals surface area contributed by atoms with Crippen LogP contribution in [0, 0.1) is 0 Å². The molecule has 2 nitrogen and oxygen atoms in total. The zero-order valence-electron chi connectivity index (χ0n) is 11.6. The maximum absolute atomic E-state index is 10.5. The van der Waals surface area contributed by atoms with Gasteiger partial charge in [-0.1, -0.05) is 34.1 Å². The van der Waals surface area contributed by atoms with Crippen molar-refractivity contribution in [2.75, 3.05) is 0 Å². The third kappa shape index (κ3) is 2.60. The lowest BCUT2D eigenvalue weighted by Crippen LogP contribution is -2.24. The summed E-state index contributed by atoms with van der Waals surface area (Å²) in [6.45, 7) is 4.16. The SMILES string of the molecule is CC1(C)Cc2cc(C(O)c3cccc(Br)c3)ccc2O1. The van der Waals surface area contributed by atoms with Gasteiger partial charge < -0.3 is 9.84 Å². The Kier molecular flexibility index (Phi) is 3.35. The number of aliphatic hydroxyl groups is 1. The molecule has 1 aliphatic heterocycles. The maximum Gasteiger partial charge on any atom is 0.123 e. The molecule has 1 N–H and O–H groups in total. The van der Waals surface area contributed by atoms with Gasteiger partial charge in [-0.15, -0.1) is 0 Å². The Morgan fingerprint density at radius 1 is 1.15 bits per heavy atom. The van der Waals surface area contributed by atoms with E-state index in [1.807, 2.05) is 36.4 Å². The van der Waals surface area contributed by atoms with Gasteiger partial charge >= 0.3 is 0 Å². The average Bonchev–Trinajstić information content (AvgIpc) is 2.70. The molecule has 3 rings (SSSR count). The molecule has 1 unspecified atom stereocenters. The zero-order valence-corrected chi connectivity index (χ0v) is 13.1. The van der Waals surface area contributed by atoms with Crippen LogP contribution in [-0.2, 0) is 6.42 Å². The van der Waals surface area contributed by atoms with E-state index in [0.717, 1.165) is 27.8 Å². The first-order chi connectivity index (χ1) is 9.44. The van der Waals surface area contributed by atoms with Gasteiger partial charge in [-0.05, 0) is 54.8 Å². The van der Waals surface area contributed by atoms with Crippen LogP contribution in [0.4, 0.5) is 0 Å². The Bertz CT molecular complexity index is 649. The van der Waals surface area contributed by atoms with Crippen molar-refractivity contribution in [3.8, 4) is 5.75 Å². The molecule has 0 bridgehead atoms. The number of rotatable bonds is 2. The highest BCUT2D eigenvalue weighted by Crippen LogP contribution is 2.37. The van der Waals surface area contributed by atoms with Crippen LogP contribution in [0.15, 0.2) is 46.9 Å². The summed E-state index contributed by atoms with van der Waals surface area (Å²) in [5, 5.41) is 10.5. The molecule has 1 atom stereocenters. The van der Waals surface area contributed by atoms with Crippen molar-refractivity contribution < 1.29 is 9.84 Å². The fourth-order valence-corrected chi connectivity index (χ4v) is 3.09. The number of halogens is 1. The summed E-state index contributed by atoms with van der Waals surface area (Å²) in [6, 6.07) is 13.7. The van der Waals surface area contributed by atoms with Crippen LogP contribution in [0.25, 0.3) is 0 Å². The van der Waals surface area contributed by atoms with Gasteiger partial charge in [-0.25, -0.2) is 0 Å². The highest BCUT2D eigenvalue weighted by molar-refractivity contribution is 9.10. The van der Waals surface area contributed by atoms with Gasteiger partial charge in [0.1, 0.15) is 17.5 Å². The fourth-order valence-electron chi connectivity index (χ4n) is 2.67.